The van der Waals surface area contributed by atoms with E-state index in [1.54, 1.807) is 0 Å². The first-order chi connectivity index (χ1) is 6.18. The molecule has 72 valence electrons. The second-order valence-corrected chi connectivity index (χ2v) is 5.20. The summed E-state index contributed by atoms with van der Waals surface area (Å²) < 4.78 is 11.6. The van der Waals surface area contributed by atoms with E-state index in [0.29, 0.717) is 5.92 Å². The number of nitrogens with zero attached hydrogens (tertiary/aromatic N) is 1. The Hall–Kier alpha value is -0.480. The topological polar surface area (TPSA) is 51.7 Å². The maximum absolute atomic E-state index is 11.6. The SMILES string of the molecule is CC(C)c1nc2c([nH]1)CCC[S+]2[O-]. The fraction of sp³-hybridized carbons (Fsp3) is 0.667. The Morgan fingerprint density at radius 1 is 1.54 bits per heavy atom. The van der Waals surface area contributed by atoms with E-state index >= 15 is 0 Å². The molecule has 1 N–H and O–H groups in total. The van der Waals surface area contributed by atoms with Gasteiger partial charge < -0.3 is 9.54 Å². The highest BCUT2D eigenvalue weighted by Gasteiger charge is 2.26. The summed E-state index contributed by atoms with van der Waals surface area (Å²) in [5, 5.41) is 0.801. The first-order valence-electron chi connectivity index (χ1n) is 4.65. The normalized spacial score (nSPS) is 22.0. The first kappa shape index (κ1) is 9.09. The molecule has 1 aromatic rings. The van der Waals surface area contributed by atoms with Crippen molar-refractivity contribution in [3.63, 3.8) is 0 Å². The van der Waals surface area contributed by atoms with Gasteiger partial charge in [-0.15, -0.1) is 0 Å². The Balaban J connectivity index is 2.36. The van der Waals surface area contributed by atoms with Gasteiger partial charge in [-0.2, -0.15) is 4.98 Å². The molecule has 0 aliphatic carbocycles. The smallest absolute Gasteiger partial charge is 0.265 e. The maximum atomic E-state index is 11.6. The summed E-state index contributed by atoms with van der Waals surface area (Å²) in [4.78, 5) is 7.63. The molecule has 13 heavy (non-hydrogen) atoms. The van der Waals surface area contributed by atoms with Crippen LogP contribution in [0.25, 0.3) is 0 Å². The van der Waals surface area contributed by atoms with Crippen LogP contribution in [-0.2, 0) is 17.6 Å². The van der Waals surface area contributed by atoms with Crippen molar-refractivity contribution in [2.24, 2.45) is 0 Å². The first-order valence-corrected chi connectivity index (χ1v) is 5.97. The van der Waals surface area contributed by atoms with E-state index in [4.69, 9.17) is 0 Å². The van der Waals surface area contributed by atoms with Gasteiger partial charge in [-0.25, -0.2) is 0 Å². The lowest BCUT2D eigenvalue weighted by Crippen LogP contribution is -2.15. The monoisotopic (exact) mass is 198 g/mol. The van der Waals surface area contributed by atoms with Crippen molar-refractivity contribution >= 4 is 11.2 Å². The highest BCUT2D eigenvalue weighted by atomic mass is 32.2. The van der Waals surface area contributed by atoms with Gasteiger partial charge in [0.15, 0.2) is 0 Å². The number of aromatic nitrogens is 2. The lowest BCUT2D eigenvalue weighted by molar-refractivity contribution is 0.580. The van der Waals surface area contributed by atoms with E-state index in [9.17, 15) is 4.55 Å². The van der Waals surface area contributed by atoms with Crippen LogP contribution >= 0.6 is 0 Å². The molecule has 1 unspecified atom stereocenters. The summed E-state index contributed by atoms with van der Waals surface area (Å²) in [6.07, 6.45) is 2.01. The van der Waals surface area contributed by atoms with Gasteiger partial charge in [0, 0.05) is 17.1 Å². The number of rotatable bonds is 1. The predicted molar refractivity (Wildman–Crippen MR) is 52.3 cm³/mol. The lowest BCUT2D eigenvalue weighted by atomic mass is 10.2. The Labute approximate surface area is 81.1 Å². The Morgan fingerprint density at radius 3 is 2.92 bits per heavy atom. The molecule has 0 amide bonds. The van der Waals surface area contributed by atoms with E-state index in [1.165, 1.54) is 0 Å². The Kier molecular flexibility index (Phi) is 2.34. The number of fused-ring (bicyclic) bond motifs is 1. The maximum Gasteiger partial charge on any atom is 0.265 e. The van der Waals surface area contributed by atoms with Crippen molar-refractivity contribution in [1.82, 2.24) is 9.97 Å². The van der Waals surface area contributed by atoms with E-state index in [2.05, 4.69) is 23.8 Å². The van der Waals surface area contributed by atoms with Crippen molar-refractivity contribution in [3.8, 4) is 0 Å². The highest BCUT2D eigenvalue weighted by molar-refractivity contribution is 7.91. The molecular formula is C9H14N2OS. The molecule has 0 radical (unpaired) electrons. The minimum absolute atomic E-state index is 0.391. The third-order valence-electron chi connectivity index (χ3n) is 2.28. The molecule has 0 aromatic carbocycles. The quantitative estimate of drug-likeness (QED) is 0.697. The van der Waals surface area contributed by atoms with Crippen LogP contribution in [0.5, 0.6) is 0 Å². The van der Waals surface area contributed by atoms with Gasteiger partial charge in [0.1, 0.15) is 11.6 Å². The number of hydrogen-bond donors (Lipinski definition) is 1. The van der Waals surface area contributed by atoms with E-state index in [1.807, 2.05) is 0 Å². The van der Waals surface area contributed by atoms with Crippen LogP contribution in [0.2, 0.25) is 0 Å². The van der Waals surface area contributed by atoms with Crippen LogP contribution in [0.4, 0.5) is 0 Å². The molecule has 4 heteroatoms. The fourth-order valence-corrected chi connectivity index (χ4v) is 2.75. The van der Waals surface area contributed by atoms with Gasteiger partial charge in [-0.05, 0) is 12.8 Å². The minimum atomic E-state index is -0.853. The number of aryl methyl sites for hydroxylation is 1. The molecule has 2 heterocycles. The molecule has 2 rings (SSSR count). The van der Waals surface area contributed by atoms with Gasteiger partial charge in [0.05, 0.1) is 5.69 Å². The third-order valence-corrected chi connectivity index (χ3v) is 3.71. The van der Waals surface area contributed by atoms with Crippen LogP contribution in [0.15, 0.2) is 5.03 Å². The lowest BCUT2D eigenvalue weighted by Gasteiger charge is -2.13. The van der Waals surface area contributed by atoms with Crippen LogP contribution in [-0.4, -0.2) is 20.3 Å². The molecule has 1 aliphatic heterocycles. The molecule has 1 atom stereocenters. The van der Waals surface area contributed by atoms with E-state index in [0.717, 1.165) is 35.1 Å². The minimum Gasteiger partial charge on any atom is -0.610 e. The summed E-state index contributed by atoms with van der Waals surface area (Å²) in [6.45, 7) is 4.18. The van der Waals surface area contributed by atoms with Crippen molar-refractivity contribution in [1.29, 1.82) is 0 Å². The number of imidazole rings is 1. The van der Waals surface area contributed by atoms with Gasteiger partial charge >= 0.3 is 0 Å². The van der Waals surface area contributed by atoms with Gasteiger partial charge in [-0.3, -0.25) is 0 Å². The van der Waals surface area contributed by atoms with Gasteiger partial charge in [0.2, 0.25) is 0 Å². The molecule has 3 nitrogen and oxygen atoms in total. The third kappa shape index (κ3) is 1.60. The summed E-state index contributed by atoms with van der Waals surface area (Å²) >= 11 is -0.853. The number of hydrogen-bond acceptors (Lipinski definition) is 2. The molecule has 1 aromatic heterocycles. The molecule has 0 spiro atoms. The van der Waals surface area contributed by atoms with Gasteiger partial charge in [0.25, 0.3) is 5.03 Å². The molecular weight excluding hydrogens is 184 g/mol. The highest BCUT2D eigenvalue weighted by Crippen LogP contribution is 2.24. The van der Waals surface area contributed by atoms with Crippen molar-refractivity contribution < 1.29 is 4.55 Å². The zero-order valence-corrected chi connectivity index (χ0v) is 8.78. The van der Waals surface area contributed by atoms with Crippen molar-refractivity contribution in [3.05, 3.63) is 11.5 Å². The molecule has 1 aliphatic rings. The second kappa shape index (κ2) is 3.35. The standard InChI is InChI=1S/C9H14N2OS/c1-6(2)8-10-7-4-3-5-13(12)9(7)11-8/h6H,3-5H2,1-2H3,(H,10,11). The molecule has 0 fully saturated rings. The molecule has 0 saturated heterocycles. The van der Waals surface area contributed by atoms with Crippen LogP contribution in [0, 0.1) is 0 Å². The zero-order valence-electron chi connectivity index (χ0n) is 7.96. The predicted octanol–water partition coefficient (Wildman–Crippen LogP) is 1.59. The number of nitrogens with one attached hydrogen (secondary N) is 1. The number of H-pyrrole nitrogens is 1. The Morgan fingerprint density at radius 2 is 2.31 bits per heavy atom. The van der Waals surface area contributed by atoms with E-state index in [-0.39, 0.29) is 0 Å². The molecule has 0 saturated carbocycles. The van der Waals surface area contributed by atoms with Crippen molar-refractivity contribution in [2.45, 2.75) is 37.6 Å². The average Bonchev–Trinajstić information content (AvgIpc) is 2.49. The Bertz CT molecular complexity index is 309. The number of aromatic amines is 1. The molecule has 0 bridgehead atoms. The van der Waals surface area contributed by atoms with Crippen molar-refractivity contribution in [2.75, 3.05) is 5.75 Å². The average molecular weight is 198 g/mol. The van der Waals surface area contributed by atoms with Gasteiger partial charge in [-0.1, -0.05) is 13.8 Å². The van der Waals surface area contributed by atoms with Crippen LogP contribution < -0.4 is 0 Å². The summed E-state index contributed by atoms with van der Waals surface area (Å²) in [7, 11) is 0. The van der Waals surface area contributed by atoms with Crippen LogP contribution in [0.1, 0.15) is 37.7 Å². The summed E-state index contributed by atoms with van der Waals surface area (Å²) in [5.74, 6) is 2.14. The summed E-state index contributed by atoms with van der Waals surface area (Å²) in [5.41, 5.74) is 1.09. The van der Waals surface area contributed by atoms with Crippen LogP contribution in [0.3, 0.4) is 0 Å². The fourth-order valence-electron chi connectivity index (χ4n) is 1.52. The summed E-state index contributed by atoms with van der Waals surface area (Å²) in [6, 6.07) is 0. The zero-order chi connectivity index (χ0) is 9.42. The largest absolute Gasteiger partial charge is 0.610 e. The van der Waals surface area contributed by atoms with E-state index < -0.39 is 11.2 Å². The second-order valence-electron chi connectivity index (χ2n) is 3.71.